The van der Waals surface area contributed by atoms with Crippen LogP contribution in [0.25, 0.3) is 10.2 Å². The van der Waals surface area contributed by atoms with Crippen LogP contribution in [0.3, 0.4) is 0 Å². The van der Waals surface area contributed by atoms with Crippen molar-refractivity contribution in [1.29, 1.82) is 0 Å². The lowest BCUT2D eigenvalue weighted by molar-refractivity contribution is 0.356. The summed E-state index contributed by atoms with van der Waals surface area (Å²) in [5, 5.41) is 4.14. The molecule has 0 unspecified atom stereocenters. The molecular weight excluding hydrogens is 352 g/mol. The third kappa shape index (κ3) is 2.96. The number of anilines is 2. The van der Waals surface area contributed by atoms with E-state index < -0.39 is 0 Å². The SMILES string of the molecule is COc1cc2nc(Nc3cccc(Br)c3)sc2cc1OC. The number of nitrogens with zero attached hydrogens (tertiary/aromatic N) is 1. The highest BCUT2D eigenvalue weighted by Gasteiger charge is 2.10. The van der Waals surface area contributed by atoms with Crippen LogP contribution >= 0.6 is 27.3 Å². The van der Waals surface area contributed by atoms with Crippen molar-refractivity contribution in [2.24, 2.45) is 0 Å². The van der Waals surface area contributed by atoms with Gasteiger partial charge in [0, 0.05) is 22.3 Å². The molecule has 3 rings (SSSR count). The van der Waals surface area contributed by atoms with Crippen molar-refractivity contribution in [3.8, 4) is 11.5 Å². The number of halogens is 1. The van der Waals surface area contributed by atoms with Crippen LogP contribution in [-0.2, 0) is 0 Å². The van der Waals surface area contributed by atoms with E-state index >= 15 is 0 Å². The van der Waals surface area contributed by atoms with E-state index in [1.807, 2.05) is 36.4 Å². The normalized spacial score (nSPS) is 10.6. The molecule has 21 heavy (non-hydrogen) atoms. The van der Waals surface area contributed by atoms with Gasteiger partial charge in [-0.2, -0.15) is 0 Å². The van der Waals surface area contributed by atoms with Gasteiger partial charge in [0.25, 0.3) is 0 Å². The molecule has 1 heterocycles. The van der Waals surface area contributed by atoms with Gasteiger partial charge in [-0.1, -0.05) is 33.3 Å². The van der Waals surface area contributed by atoms with Crippen molar-refractivity contribution in [2.45, 2.75) is 0 Å². The first-order chi connectivity index (χ1) is 10.2. The van der Waals surface area contributed by atoms with Crippen molar-refractivity contribution in [1.82, 2.24) is 4.98 Å². The standard InChI is InChI=1S/C15H13BrN2O2S/c1-19-12-7-11-14(8-13(12)20-2)21-15(18-11)17-10-5-3-4-9(16)6-10/h3-8H,1-2H3,(H,17,18). The number of hydrogen-bond donors (Lipinski definition) is 1. The molecule has 0 saturated carbocycles. The lowest BCUT2D eigenvalue weighted by atomic mass is 10.3. The molecule has 0 radical (unpaired) electrons. The Hall–Kier alpha value is -1.79. The summed E-state index contributed by atoms with van der Waals surface area (Å²) < 4.78 is 12.7. The lowest BCUT2D eigenvalue weighted by Crippen LogP contribution is -1.90. The van der Waals surface area contributed by atoms with Crippen LogP contribution in [0.1, 0.15) is 0 Å². The maximum Gasteiger partial charge on any atom is 0.188 e. The first-order valence-electron chi connectivity index (χ1n) is 6.25. The molecular formula is C15H13BrN2O2S. The van der Waals surface area contributed by atoms with E-state index in [1.165, 1.54) is 0 Å². The molecule has 1 aromatic heterocycles. The Morgan fingerprint density at radius 3 is 2.57 bits per heavy atom. The third-order valence-corrected chi connectivity index (χ3v) is 4.40. The summed E-state index contributed by atoms with van der Waals surface area (Å²) in [5.74, 6) is 1.40. The zero-order chi connectivity index (χ0) is 14.8. The number of aromatic nitrogens is 1. The van der Waals surface area contributed by atoms with Crippen molar-refractivity contribution in [3.05, 3.63) is 40.9 Å². The minimum Gasteiger partial charge on any atom is -0.493 e. The monoisotopic (exact) mass is 364 g/mol. The second-order valence-electron chi connectivity index (χ2n) is 4.33. The molecule has 3 aromatic rings. The van der Waals surface area contributed by atoms with E-state index in [9.17, 15) is 0 Å². The molecule has 0 amide bonds. The highest BCUT2D eigenvalue weighted by atomic mass is 79.9. The van der Waals surface area contributed by atoms with Crippen molar-refractivity contribution in [2.75, 3.05) is 19.5 Å². The quantitative estimate of drug-likeness (QED) is 0.720. The van der Waals surface area contributed by atoms with E-state index in [0.29, 0.717) is 11.5 Å². The number of ether oxygens (including phenoxy) is 2. The molecule has 0 fully saturated rings. The zero-order valence-corrected chi connectivity index (χ0v) is 13.9. The van der Waals surface area contributed by atoms with E-state index in [4.69, 9.17) is 9.47 Å². The molecule has 2 aromatic carbocycles. The van der Waals surface area contributed by atoms with Gasteiger partial charge < -0.3 is 14.8 Å². The maximum atomic E-state index is 5.31. The van der Waals surface area contributed by atoms with Gasteiger partial charge in [0.1, 0.15) is 0 Å². The topological polar surface area (TPSA) is 43.4 Å². The number of benzene rings is 2. The molecule has 0 atom stereocenters. The summed E-state index contributed by atoms with van der Waals surface area (Å²) in [6, 6.07) is 11.8. The maximum absolute atomic E-state index is 5.31. The number of thiazole rings is 1. The largest absolute Gasteiger partial charge is 0.493 e. The van der Waals surface area contributed by atoms with Gasteiger partial charge in [0.2, 0.25) is 0 Å². The predicted molar refractivity (Wildman–Crippen MR) is 90.1 cm³/mol. The molecule has 0 bridgehead atoms. The van der Waals surface area contributed by atoms with Gasteiger partial charge in [-0.15, -0.1) is 0 Å². The van der Waals surface area contributed by atoms with Crippen LogP contribution in [0.5, 0.6) is 11.5 Å². The van der Waals surface area contributed by atoms with Crippen LogP contribution in [0.4, 0.5) is 10.8 Å². The Labute approximate surface area is 134 Å². The summed E-state index contributed by atoms with van der Waals surface area (Å²) in [5.41, 5.74) is 1.87. The summed E-state index contributed by atoms with van der Waals surface area (Å²) in [7, 11) is 3.25. The number of methoxy groups -OCH3 is 2. The van der Waals surface area contributed by atoms with Crippen LogP contribution in [-0.4, -0.2) is 19.2 Å². The molecule has 4 nitrogen and oxygen atoms in total. The van der Waals surface area contributed by atoms with Crippen LogP contribution in [0.15, 0.2) is 40.9 Å². The van der Waals surface area contributed by atoms with E-state index in [-0.39, 0.29) is 0 Å². The molecule has 0 saturated heterocycles. The minimum absolute atomic E-state index is 0.685. The summed E-state index contributed by atoms with van der Waals surface area (Å²) in [4.78, 5) is 4.58. The molecule has 0 aliphatic carbocycles. The summed E-state index contributed by atoms with van der Waals surface area (Å²) in [6.45, 7) is 0. The van der Waals surface area contributed by atoms with Crippen LogP contribution in [0, 0.1) is 0 Å². The second-order valence-corrected chi connectivity index (χ2v) is 6.28. The number of fused-ring (bicyclic) bond motifs is 1. The Balaban J connectivity index is 1.97. The Kier molecular flexibility index (Phi) is 3.98. The molecule has 0 aliphatic heterocycles. The van der Waals surface area contributed by atoms with E-state index in [0.717, 1.165) is 25.5 Å². The summed E-state index contributed by atoms with van der Waals surface area (Å²) in [6.07, 6.45) is 0. The smallest absolute Gasteiger partial charge is 0.188 e. The van der Waals surface area contributed by atoms with Crippen molar-refractivity contribution >= 4 is 48.3 Å². The van der Waals surface area contributed by atoms with Gasteiger partial charge in [0.15, 0.2) is 16.6 Å². The van der Waals surface area contributed by atoms with Gasteiger partial charge >= 0.3 is 0 Å². The predicted octanol–water partition coefficient (Wildman–Crippen LogP) is 4.82. The van der Waals surface area contributed by atoms with E-state index in [2.05, 4.69) is 26.2 Å². The highest BCUT2D eigenvalue weighted by Crippen LogP contribution is 2.37. The highest BCUT2D eigenvalue weighted by molar-refractivity contribution is 9.10. The zero-order valence-electron chi connectivity index (χ0n) is 11.5. The molecule has 0 aliphatic rings. The summed E-state index contributed by atoms with van der Waals surface area (Å²) >= 11 is 5.03. The number of hydrogen-bond acceptors (Lipinski definition) is 5. The minimum atomic E-state index is 0.685. The van der Waals surface area contributed by atoms with Gasteiger partial charge in [0.05, 0.1) is 24.4 Å². The van der Waals surface area contributed by atoms with Gasteiger partial charge in [-0.3, -0.25) is 0 Å². The van der Waals surface area contributed by atoms with E-state index in [1.54, 1.807) is 25.6 Å². The second kappa shape index (κ2) is 5.91. The Morgan fingerprint density at radius 2 is 1.86 bits per heavy atom. The Morgan fingerprint density at radius 1 is 1.10 bits per heavy atom. The number of rotatable bonds is 4. The molecule has 1 N–H and O–H groups in total. The fourth-order valence-electron chi connectivity index (χ4n) is 2.00. The Bertz CT molecular complexity index is 747. The molecule has 108 valence electrons. The first kappa shape index (κ1) is 14.2. The third-order valence-electron chi connectivity index (χ3n) is 2.97. The lowest BCUT2D eigenvalue weighted by Gasteiger charge is -2.05. The van der Waals surface area contributed by atoms with Crippen molar-refractivity contribution < 1.29 is 9.47 Å². The molecule has 0 spiro atoms. The average molecular weight is 365 g/mol. The van der Waals surface area contributed by atoms with Gasteiger partial charge in [-0.25, -0.2) is 4.98 Å². The van der Waals surface area contributed by atoms with Gasteiger partial charge in [-0.05, 0) is 18.2 Å². The fraction of sp³-hybridized carbons (Fsp3) is 0.133. The van der Waals surface area contributed by atoms with Crippen LogP contribution < -0.4 is 14.8 Å². The average Bonchev–Trinajstić information content (AvgIpc) is 2.86. The van der Waals surface area contributed by atoms with Crippen LogP contribution in [0.2, 0.25) is 0 Å². The number of nitrogens with one attached hydrogen (secondary N) is 1. The first-order valence-corrected chi connectivity index (χ1v) is 7.85. The fourth-order valence-corrected chi connectivity index (χ4v) is 3.29. The molecule has 6 heteroatoms. The van der Waals surface area contributed by atoms with Crippen molar-refractivity contribution in [3.63, 3.8) is 0 Å².